The van der Waals surface area contributed by atoms with Crippen LogP contribution in [0.2, 0.25) is 0 Å². The Morgan fingerprint density at radius 2 is 1.75 bits per heavy atom. The van der Waals surface area contributed by atoms with Gasteiger partial charge in [0.25, 0.3) is 0 Å². The zero-order valence-corrected chi connectivity index (χ0v) is 20.7. The van der Waals surface area contributed by atoms with Crippen molar-refractivity contribution in [1.29, 1.82) is 0 Å². The van der Waals surface area contributed by atoms with Gasteiger partial charge in [-0.15, -0.1) is 0 Å². The van der Waals surface area contributed by atoms with Gasteiger partial charge in [-0.1, -0.05) is 12.1 Å². The summed E-state index contributed by atoms with van der Waals surface area (Å²) in [6.07, 6.45) is -3.68. The van der Waals surface area contributed by atoms with Crippen LogP contribution in [0.15, 0.2) is 53.4 Å². The van der Waals surface area contributed by atoms with Crippen molar-refractivity contribution < 1.29 is 35.9 Å². The van der Waals surface area contributed by atoms with Gasteiger partial charge in [-0.05, 0) is 54.8 Å². The van der Waals surface area contributed by atoms with Crippen LogP contribution in [0.1, 0.15) is 30.9 Å². The predicted octanol–water partition coefficient (Wildman–Crippen LogP) is 2.73. The number of nitrogens with zero attached hydrogens (tertiary/aromatic N) is 1. The van der Waals surface area contributed by atoms with Gasteiger partial charge in [0, 0.05) is 32.5 Å². The Hall–Kier alpha value is -3.12. The first kappa shape index (κ1) is 27.5. The molecule has 0 radical (unpaired) electrons. The van der Waals surface area contributed by atoms with Crippen LogP contribution in [0.3, 0.4) is 0 Å². The van der Waals surface area contributed by atoms with Crippen molar-refractivity contribution in [3.05, 3.63) is 59.7 Å². The summed E-state index contributed by atoms with van der Waals surface area (Å²) in [5.41, 5.74) is -0.133. The average Bonchev–Trinajstić information content (AvgIpc) is 2.83. The third kappa shape index (κ3) is 6.97. The maximum Gasteiger partial charge on any atom is 0.416 e. The maximum absolute atomic E-state index is 12.9. The van der Waals surface area contributed by atoms with Crippen molar-refractivity contribution in [1.82, 2.24) is 14.9 Å². The highest BCUT2D eigenvalue weighted by Gasteiger charge is 2.33. The predicted molar refractivity (Wildman–Crippen MR) is 126 cm³/mol. The van der Waals surface area contributed by atoms with Crippen LogP contribution in [-0.4, -0.2) is 56.8 Å². The van der Waals surface area contributed by atoms with Crippen molar-refractivity contribution in [2.45, 2.75) is 49.3 Å². The number of hydrogen-bond donors (Lipinski definition) is 2. The average molecular weight is 528 g/mol. The molecular weight excluding hydrogens is 499 g/mol. The molecule has 2 N–H and O–H groups in total. The lowest BCUT2D eigenvalue weighted by atomic mass is 10.0. The van der Waals surface area contributed by atoms with Crippen LogP contribution >= 0.6 is 0 Å². The van der Waals surface area contributed by atoms with Crippen LogP contribution in [0.4, 0.5) is 13.2 Å². The lowest BCUT2D eigenvalue weighted by Gasteiger charge is -2.32. The highest BCUT2D eigenvalue weighted by atomic mass is 32.2. The highest BCUT2D eigenvalue weighted by molar-refractivity contribution is 7.89. The molecule has 2 aromatic rings. The minimum Gasteiger partial charge on any atom is -0.497 e. The van der Waals surface area contributed by atoms with Crippen molar-refractivity contribution in [3.63, 3.8) is 0 Å². The molecule has 0 aromatic heterocycles. The number of methoxy groups -OCH3 is 1. The summed E-state index contributed by atoms with van der Waals surface area (Å²) >= 11 is 0. The van der Waals surface area contributed by atoms with Crippen molar-refractivity contribution >= 4 is 21.8 Å². The molecule has 1 aliphatic rings. The van der Waals surface area contributed by atoms with E-state index in [1.165, 1.54) is 18.3 Å². The summed E-state index contributed by atoms with van der Waals surface area (Å²) in [7, 11) is -2.44. The van der Waals surface area contributed by atoms with Crippen LogP contribution in [0.25, 0.3) is 0 Å². The summed E-state index contributed by atoms with van der Waals surface area (Å²) in [5.74, 6) is -0.135. The SMILES string of the molecule is COc1cccc(C[C@@H](NC(C)=O)C(=O)NC2CCN(S(=O)(=O)c3ccc(C(F)(F)F)cc3)CC2)c1. The number of hydrogen-bond acceptors (Lipinski definition) is 5. The van der Waals surface area contributed by atoms with Gasteiger partial charge in [-0.3, -0.25) is 9.59 Å². The van der Waals surface area contributed by atoms with E-state index in [0.29, 0.717) is 18.6 Å². The minimum absolute atomic E-state index is 0.0923. The van der Waals surface area contributed by atoms with Gasteiger partial charge in [0.05, 0.1) is 17.6 Å². The van der Waals surface area contributed by atoms with Crippen LogP contribution in [-0.2, 0) is 32.2 Å². The normalized spacial score (nSPS) is 16.2. The van der Waals surface area contributed by atoms with Crippen molar-refractivity contribution in [2.24, 2.45) is 0 Å². The van der Waals surface area contributed by atoms with E-state index < -0.39 is 33.7 Å². The Morgan fingerprint density at radius 3 is 2.31 bits per heavy atom. The van der Waals surface area contributed by atoms with E-state index >= 15 is 0 Å². The Labute approximate surface area is 207 Å². The molecule has 0 saturated carbocycles. The van der Waals surface area contributed by atoms with Crippen LogP contribution < -0.4 is 15.4 Å². The standard InChI is InChI=1S/C24H28F3N3O5S/c1-16(31)28-22(15-17-4-3-5-20(14-17)35-2)23(32)29-19-10-12-30(13-11-19)36(33,34)21-8-6-18(7-9-21)24(25,26)27/h3-9,14,19,22H,10-13,15H2,1-2H3,(H,28,31)(H,29,32)/t22-/m1/s1. The molecule has 1 aliphatic heterocycles. The summed E-state index contributed by atoms with van der Waals surface area (Å²) in [5, 5.41) is 5.52. The Morgan fingerprint density at radius 1 is 1.11 bits per heavy atom. The lowest BCUT2D eigenvalue weighted by Crippen LogP contribution is -2.53. The quantitative estimate of drug-likeness (QED) is 0.550. The number of sulfonamides is 1. The second kappa shape index (κ2) is 11.3. The number of ether oxygens (including phenoxy) is 1. The molecule has 2 aromatic carbocycles. The van der Waals surface area contributed by atoms with E-state index in [0.717, 1.165) is 29.8 Å². The zero-order chi connectivity index (χ0) is 26.5. The first-order valence-corrected chi connectivity index (χ1v) is 12.7. The summed E-state index contributed by atoms with van der Waals surface area (Å²) < 4.78 is 70.4. The van der Waals surface area contributed by atoms with E-state index in [4.69, 9.17) is 4.74 Å². The monoisotopic (exact) mass is 527 g/mol. The Bertz CT molecular complexity index is 1180. The molecule has 0 spiro atoms. The fourth-order valence-electron chi connectivity index (χ4n) is 4.00. The number of alkyl halides is 3. The first-order valence-electron chi connectivity index (χ1n) is 11.3. The number of halogens is 3. The number of amides is 2. The zero-order valence-electron chi connectivity index (χ0n) is 19.8. The minimum atomic E-state index is -4.56. The number of nitrogens with one attached hydrogen (secondary N) is 2. The number of piperidine rings is 1. The molecule has 1 atom stereocenters. The van der Waals surface area contributed by atoms with Crippen LogP contribution in [0, 0.1) is 0 Å². The molecular formula is C24H28F3N3O5S. The number of carbonyl (C=O) groups is 2. The molecule has 1 fully saturated rings. The van der Waals surface area contributed by atoms with E-state index in [2.05, 4.69) is 10.6 Å². The molecule has 2 amide bonds. The van der Waals surface area contributed by atoms with Gasteiger partial charge < -0.3 is 15.4 Å². The van der Waals surface area contributed by atoms with Crippen molar-refractivity contribution in [2.75, 3.05) is 20.2 Å². The largest absolute Gasteiger partial charge is 0.497 e. The third-order valence-corrected chi connectivity index (χ3v) is 7.80. The number of rotatable bonds is 8. The molecule has 36 heavy (non-hydrogen) atoms. The van der Waals surface area contributed by atoms with E-state index in [-0.39, 0.29) is 36.4 Å². The van der Waals surface area contributed by atoms with Gasteiger partial charge in [0.1, 0.15) is 11.8 Å². The topological polar surface area (TPSA) is 105 Å². The fourth-order valence-corrected chi connectivity index (χ4v) is 5.47. The Balaban J connectivity index is 1.61. The van der Waals surface area contributed by atoms with Gasteiger partial charge in [0.2, 0.25) is 21.8 Å². The molecule has 0 bridgehead atoms. The summed E-state index contributed by atoms with van der Waals surface area (Å²) in [4.78, 5) is 24.4. The summed E-state index contributed by atoms with van der Waals surface area (Å²) in [6.45, 7) is 1.50. The maximum atomic E-state index is 12.9. The molecule has 1 saturated heterocycles. The smallest absolute Gasteiger partial charge is 0.416 e. The van der Waals surface area contributed by atoms with E-state index in [1.54, 1.807) is 18.2 Å². The van der Waals surface area contributed by atoms with Gasteiger partial charge in [0.15, 0.2) is 0 Å². The van der Waals surface area contributed by atoms with E-state index in [1.807, 2.05) is 6.07 Å². The number of carbonyl (C=O) groups excluding carboxylic acids is 2. The van der Waals surface area contributed by atoms with Gasteiger partial charge in [-0.25, -0.2) is 8.42 Å². The molecule has 0 aliphatic carbocycles. The molecule has 12 heteroatoms. The molecule has 3 rings (SSSR count). The number of benzene rings is 2. The van der Waals surface area contributed by atoms with Crippen molar-refractivity contribution in [3.8, 4) is 5.75 Å². The molecule has 196 valence electrons. The van der Waals surface area contributed by atoms with E-state index in [9.17, 15) is 31.2 Å². The van der Waals surface area contributed by atoms with Crippen LogP contribution in [0.5, 0.6) is 5.75 Å². The highest BCUT2D eigenvalue weighted by Crippen LogP contribution is 2.30. The second-order valence-electron chi connectivity index (χ2n) is 8.52. The second-order valence-corrected chi connectivity index (χ2v) is 10.5. The van der Waals surface area contributed by atoms with Gasteiger partial charge >= 0.3 is 6.18 Å². The van der Waals surface area contributed by atoms with Gasteiger partial charge in [-0.2, -0.15) is 17.5 Å². The summed E-state index contributed by atoms with van der Waals surface area (Å²) in [6, 6.07) is 9.36. The third-order valence-electron chi connectivity index (χ3n) is 5.89. The lowest BCUT2D eigenvalue weighted by molar-refractivity contribution is -0.137. The Kier molecular flexibility index (Phi) is 8.62. The fraction of sp³-hybridized carbons (Fsp3) is 0.417. The molecule has 0 unspecified atom stereocenters. The first-order chi connectivity index (χ1) is 16.9. The molecule has 8 nitrogen and oxygen atoms in total. The molecule has 1 heterocycles.